The zero-order chi connectivity index (χ0) is 32.8. The molecule has 1 unspecified atom stereocenters. The van der Waals surface area contributed by atoms with Crippen molar-refractivity contribution >= 4 is 29.8 Å². The Morgan fingerprint density at radius 1 is 1.16 bits per heavy atom. The zero-order valence-corrected chi connectivity index (χ0v) is 25.1. The number of hydrogen-bond donors (Lipinski definition) is 5. The summed E-state index contributed by atoms with van der Waals surface area (Å²) in [7, 11) is 1.52. The summed E-state index contributed by atoms with van der Waals surface area (Å²) in [6.45, 7) is 3.37. The zero-order valence-electron chi connectivity index (χ0n) is 25.1. The number of esters is 2. The maximum Gasteiger partial charge on any atom is 0.352 e. The Bertz CT molecular complexity index is 1450. The average molecular weight is 632 g/mol. The van der Waals surface area contributed by atoms with Gasteiger partial charge in [-0.05, 0) is 68.6 Å². The molecule has 0 saturated heterocycles. The molecule has 4 aliphatic rings. The fourth-order valence-corrected chi connectivity index (χ4v) is 7.50. The molecule has 45 heavy (non-hydrogen) atoms. The van der Waals surface area contributed by atoms with Crippen molar-refractivity contribution in [1.29, 1.82) is 0 Å². The Morgan fingerprint density at radius 2 is 1.89 bits per heavy atom. The SMILES string of the molecule is COc1ccc2c3c1O[C@H]1C(OC(=O)[C@H](C)OC(=O)[C@H](CCC(=O)O)NC(=O)C[C@H](O)C(=O)O)=CC[C@@]4(O)[C@@H](C2)C(C)CC[C@]314. The van der Waals surface area contributed by atoms with Gasteiger partial charge in [-0.15, -0.1) is 0 Å². The number of benzene rings is 1. The smallest absolute Gasteiger partial charge is 0.352 e. The Labute approximate surface area is 258 Å². The quantitative estimate of drug-likeness (QED) is 0.204. The van der Waals surface area contributed by atoms with Gasteiger partial charge >= 0.3 is 23.9 Å². The molecule has 1 aromatic carbocycles. The molecule has 1 heterocycles. The lowest BCUT2D eigenvalue weighted by Gasteiger charge is -2.61. The first-order valence-corrected chi connectivity index (χ1v) is 14.9. The predicted molar refractivity (Wildman–Crippen MR) is 151 cm³/mol. The van der Waals surface area contributed by atoms with E-state index in [2.05, 4.69) is 12.2 Å². The number of rotatable bonds is 12. The lowest BCUT2D eigenvalue weighted by Crippen LogP contribution is -2.69. The van der Waals surface area contributed by atoms with Gasteiger partial charge in [0.15, 0.2) is 29.8 Å². The number of carboxylic acid groups (broad SMARTS) is 2. The summed E-state index contributed by atoms with van der Waals surface area (Å²) in [5.74, 6) is -4.73. The second kappa shape index (κ2) is 12.0. The van der Waals surface area contributed by atoms with E-state index in [0.717, 1.165) is 17.5 Å². The number of hydrogen-bond acceptors (Lipinski definition) is 11. The Balaban J connectivity index is 1.34. The second-order valence-corrected chi connectivity index (χ2v) is 12.3. The minimum atomic E-state index is -2.04. The molecular formula is C31H37NO13. The highest BCUT2D eigenvalue weighted by Gasteiger charge is 2.72. The van der Waals surface area contributed by atoms with Gasteiger partial charge in [0, 0.05) is 12.0 Å². The van der Waals surface area contributed by atoms with Crippen LogP contribution in [0.2, 0.25) is 0 Å². The van der Waals surface area contributed by atoms with Gasteiger partial charge in [-0.3, -0.25) is 9.59 Å². The van der Waals surface area contributed by atoms with Gasteiger partial charge in [0.2, 0.25) is 5.91 Å². The van der Waals surface area contributed by atoms with Gasteiger partial charge in [0.25, 0.3) is 0 Å². The summed E-state index contributed by atoms with van der Waals surface area (Å²) in [5, 5.41) is 41.8. The first-order valence-electron chi connectivity index (χ1n) is 14.9. The van der Waals surface area contributed by atoms with E-state index in [-0.39, 0.29) is 24.0 Å². The third kappa shape index (κ3) is 5.39. The van der Waals surface area contributed by atoms with Crippen LogP contribution in [0.4, 0.5) is 0 Å². The lowest BCUT2D eigenvalue weighted by atomic mass is 9.45. The number of carbonyl (C=O) groups excluding carboxylic acids is 3. The molecular weight excluding hydrogens is 594 g/mol. The van der Waals surface area contributed by atoms with E-state index in [1.54, 1.807) is 6.08 Å². The van der Waals surface area contributed by atoms with Gasteiger partial charge in [-0.2, -0.15) is 0 Å². The summed E-state index contributed by atoms with van der Waals surface area (Å²) in [6.07, 6.45) is -2.34. The standard InChI is InChI=1S/C31H37NO13/c1-14-8-10-30-24-16-4-6-20(42-3)25(24)45-26(30)21(9-11-31(30,41)17(14)12-16)44-28(39)15(2)43-29(40)18(5-7-23(35)36)32-22(34)13-19(33)27(37)38/h4,6,9,14-15,17-19,26,33,41H,5,7-8,10-13H2,1-3H3,(H,32,34)(H,35,36)(H,37,38)/t14?,15-,17-,18-,19-,26-,30-,31+/m0/s1. The van der Waals surface area contributed by atoms with Crippen molar-refractivity contribution in [1.82, 2.24) is 5.32 Å². The van der Waals surface area contributed by atoms with Crippen LogP contribution in [0.25, 0.3) is 0 Å². The molecule has 244 valence electrons. The van der Waals surface area contributed by atoms with Gasteiger partial charge in [-0.25, -0.2) is 14.4 Å². The Kier molecular flexibility index (Phi) is 8.57. The molecule has 1 aliphatic heterocycles. The van der Waals surface area contributed by atoms with E-state index in [4.69, 9.17) is 29.2 Å². The first-order chi connectivity index (χ1) is 21.2. The van der Waals surface area contributed by atoms with E-state index in [0.29, 0.717) is 24.3 Å². The van der Waals surface area contributed by atoms with Gasteiger partial charge < -0.3 is 44.7 Å². The second-order valence-electron chi connectivity index (χ2n) is 12.3. The summed E-state index contributed by atoms with van der Waals surface area (Å²) in [5.41, 5.74) is -0.130. The van der Waals surface area contributed by atoms with Crippen molar-refractivity contribution in [2.45, 2.75) is 94.2 Å². The minimum absolute atomic E-state index is 0.0490. The highest BCUT2D eigenvalue weighted by atomic mass is 16.6. The third-order valence-electron chi connectivity index (χ3n) is 9.71. The minimum Gasteiger partial charge on any atom is -0.493 e. The number of ether oxygens (including phenoxy) is 4. The van der Waals surface area contributed by atoms with Crippen LogP contribution in [0.3, 0.4) is 0 Å². The first kappa shape index (κ1) is 32.2. The largest absolute Gasteiger partial charge is 0.493 e. The molecule has 0 radical (unpaired) electrons. The maximum absolute atomic E-state index is 13.3. The number of carboxylic acids is 2. The van der Waals surface area contributed by atoms with E-state index in [1.807, 2.05) is 12.1 Å². The van der Waals surface area contributed by atoms with E-state index in [1.165, 1.54) is 14.0 Å². The molecule has 14 nitrogen and oxygen atoms in total. The molecule has 14 heteroatoms. The molecule has 1 fully saturated rings. The van der Waals surface area contributed by atoms with Crippen molar-refractivity contribution in [3.8, 4) is 11.5 Å². The van der Waals surface area contributed by atoms with Crippen molar-refractivity contribution in [3.05, 3.63) is 35.1 Å². The normalized spacial score (nSPS) is 29.1. The van der Waals surface area contributed by atoms with Crippen LogP contribution in [0.5, 0.6) is 11.5 Å². The summed E-state index contributed by atoms with van der Waals surface area (Å²) < 4.78 is 23.0. The lowest BCUT2D eigenvalue weighted by molar-refractivity contribution is -0.177. The van der Waals surface area contributed by atoms with E-state index >= 15 is 0 Å². The number of aliphatic carboxylic acids is 2. The monoisotopic (exact) mass is 631 g/mol. The Morgan fingerprint density at radius 3 is 2.56 bits per heavy atom. The van der Waals surface area contributed by atoms with E-state index in [9.17, 15) is 34.2 Å². The predicted octanol–water partition coefficient (Wildman–Crippen LogP) is 0.975. The summed E-state index contributed by atoms with van der Waals surface area (Å²) >= 11 is 0. The van der Waals surface area contributed by atoms with Crippen LogP contribution in [-0.4, -0.2) is 87.3 Å². The number of methoxy groups -OCH3 is 1. The van der Waals surface area contributed by atoms with Crippen molar-refractivity contribution < 1.29 is 63.3 Å². The average Bonchev–Trinajstić information content (AvgIpc) is 3.34. The van der Waals surface area contributed by atoms with Crippen molar-refractivity contribution in [2.75, 3.05) is 7.11 Å². The van der Waals surface area contributed by atoms with Crippen LogP contribution in [-0.2, 0) is 45.3 Å². The fraction of sp³-hybridized carbons (Fsp3) is 0.581. The topological polar surface area (TPSA) is 215 Å². The van der Waals surface area contributed by atoms with Gasteiger partial charge in [-0.1, -0.05) is 13.0 Å². The molecule has 1 amide bonds. The highest BCUT2D eigenvalue weighted by molar-refractivity contribution is 5.89. The third-order valence-corrected chi connectivity index (χ3v) is 9.71. The molecule has 1 spiro atoms. The fourth-order valence-electron chi connectivity index (χ4n) is 7.50. The number of carbonyl (C=O) groups is 5. The maximum atomic E-state index is 13.3. The molecule has 8 atom stereocenters. The molecule has 2 bridgehead atoms. The van der Waals surface area contributed by atoms with Crippen LogP contribution in [0, 0.1) is 11.8 Å². The number of nitrogens with one attached hydrogen (secondary N) is 1. The van der Waals surface area contributed by atoms with Crippen LogP contribution in [0.15, 0.2) is 24.0 Å². The van der Waals surface area contributed by atoms with Gasteiger partial charge in [0.05, 0.1) is 24.5 Å². The van der Waals surface area contributed by atoms with Crippen molar-refractivity contribution in [2.24, 2.45) is 11.8 Å². The van der Waals surface area contributed by atoms with Crippen LogP contribution >= 0.6 is 0 Å². The van der Waals surface area contributed by atoms with Gasteiger partial charge in [0.1, 0.15) is 11.8 Å². The highest BCUT2D eigenvalue weighted by Crippen LogP contribution is 2.68. The molecule has 0 aromatic heterocycles. The molecule has 3 aliphatic carbocycles. The summed E-state index contributed by atoms with van der Waals surface area (Å²) in [6, 6.07) is 2.27. The molecule has 1 aromatic rings. The number of aliphatic hydroxyl groups is 2. The summed E-state index contributed by atoms with van der Waals surface area (Å²) in [4.78, 5) is 60.4. The number of amides is 1. The van der Waals surface area contributed by atoms with Crippen LogP contribution < -0.4 is 14.8 Å². The van der Waals surface area contributed by atoms with Crippen molar-refractivity contribution in [3.63, 3.8) is 0 Å². The number of aliphatic hydroxyl groups excluding tert-OH is 1. The van der Waals surface area contributed by atoms with Crippen LogP contribution in [0.1, 0.15) is 63.5 Å². The molecule has 5 rings (SSSR count). The van der Waals surface area contributed by atoms with E-state index < -0.39 is 84.4 Å². The Hall–Kier alpha value is -4.17. The molecule has 1 saturated carbocycles. The molecule has 5 N–H and O–H groups in total.